The van der Waals surface area contributed by atoms with Crippen molar-refractivity contribution in [3.63, 3.8) is 0 Å². The van der Waals surface area contributed by atoms with E-state index in [-0.39, 0.29) is 11.9 Å². The Morgan fingerprint density at radius 1 is 1.33 bits per heavy atom. The van der Waals surface area contributed by atoms with Crippen molar-refractivity contribution in [2.24, 2.45) is 0 Å². The maximum atomic E-state index is 13.0. The largest absolute Gasteiger partial charge is 0.478 e. The van der Waals surface area contributed by atoms with E-state index in [1.54, 1.807) is 12.1 Å². The van der Waals surface area contributed by atoms with Crippen molar-refractivity contribution in [1.29, 1.82) is 0 Å². The lowest BCUT2D eigenvalue weighted by Gasteiger charge is -2.40. The molecule has 0 aliphatic carbocycles. The van der Waals surface area contributed by atoms with Crippen LogP contribution in [-0.2, 0) is 9.59 Å². The van der Waals surface area contributed by atoms with Gasteiger partial charge in [-0.1, -0.05) is 25.5 Å². The Labute approximate surface area is 139 Å². The van der Waals surface area contributed by atoms with Crippen LogP contribution in [0.5, 0.6) is 0 Å². The van der Waals surface area contributed by atoms with E-state index in [1.165, 1.54) is 12.1 Å². The normalized spacial score (nSPS) is 20.6. The molecular formula is C17H22FNO5. The minimum atomic E-state index is -1.26. The van der Waals surface area contributed by atoms with Gasteiger partial charge in [-0.2, -0.15) is 0 Å². The highest BCUT2D eigenvalue weighted by molar-refractivity contribution is 5.89. The molecule has 0 unspecified atom stereocenters. The summed E-state index contributed by atoms with van der Waals surface area (Å²) in [5.41, 5.74) is 0.660. The molecular weight excluding hydrogens is 317 g/mol. The highest BCUT2D eigenvalue weighted by Crippen LogP contribution is 2.28. The molecule has 24 heavy (non-hydrogen) atoms. The molecule has 3 atom stereocenters. The zero-order chi connectivity index (χ0) is 18.1. The fraction of sp³-hybridized carbons (Fsp3) is 0.412. The van der Waals surface area contributed by atoms with Crippen molar-refractivity contribution in [2.75, 3.05) is 0 Å². The molecule has 1 aromatic carbocycles. The summed E-state index contributed by atoms with van der Waals surface area (Å²) in [4.78, 5) is 19.1. The summed E-state index contributed by atoms with van der Waals surface area (Å²) in [7, 11) is 0. The van der Waals surface area contributed by atoms with E-state index in [2.05, 4.69) is 12.2 Å². The molecule has 1 aliphatic heterocycles. The Kier molecular flexibility index (Phi) is 8.08. The van der Waals surface area contributed by atoms with Gasteiger partial charge < -0.3 is 20.6 Å². The first-order valence-electron chi connectivity index (χ1n) is 7.67. The molecule has 0 aromatic heterocycles. The van der Waals surface area contributed by atoms with E-state index >= 15 is 0 Å². The summed E-state index contributed by atoms with van der Waals surface area (Å²) in [6.45, 7) is 2.15. The van der Waals surface area contributed by atoms with Crippen LogP contribution >= 0.6 is 0 Å². The standard InChI is InChI=1S/C13H18FNO.C4H4O4/c1-2-4-11-8-12(15-11)13(16)9-5-3-6-10(14)7-9;5-3(6)1-2-4(7)8/h3,5-7,11-13,15-16H,2,4,8H2,1H3;1-2H,(H,5,6)(H,7,8)/b;2-1-/t11-,12+,13-;/m1./s1. The molecule has 1 aromatic rings. The number of benzene rings is 1. The van der Waals surface area contributed by atoms with Crippen molar-refractivity contribution < 1.29 is 29.3 Å². The zero-order valence-electron chi connectivity index (χ0n) is 13.4. The van der Waals surface area contributed by atoms with Gasteiger partial charge in [0.1, 0.15) is 5.82 Å². The fourth-order valence-corrected chi connectivity index (χ4v) is 2.42. The third-order valence-electron chi connectivity index (χ3n) is 3.57. The molecule has 1 heterocycles. The highest BCUT2D eigenvalue weighted by Gasteiger charge is 2.33. The lowest BCUT2D eigenvalue weighted by Crippen LogP contribution is -2.55. The monoisotopic (exact) mass is 339 g/mol. The molecule has 0 amide bonds. The van der Waals surface area contributed by atoms with Crippen LogP contribution in [0.2, 0.25) is 0 Å². The van der Waals surface area contributed by atoms with Crippen LogP contribution in [0, 0.1) is 5.82 Å². The summed E-state index contributed by atoms with van der Waals surface area (Å²) < 4.78 is 13.0. The smallest absolute Gasteiger partial charge is 0.328 e. The van der Waals surface area contributed by atoms with Crippen molar-refractivity contribution in [3.05, 3.63) is 47.8 Å². The van der Waals surface area contributed by atoms with Crippen LogP contribution in [-0.4, -0.2) is 39.3 Å². The number of rotatable bonds is 6. The number of carboxylic acids is 2. The van der Waals surface area contributed by atoms with Crippen LogP contribution in [0.15, 0.2) is 36.4 Å². The number of halogens is 1. The number of hydrogen-bond donors (Lipinski definition) is 4. The van der Waals surface area contributed by atoms with Crippen molar-refractivity contribution >= 4 is 11.9 Å². The second-order valence-electron chi connectivity index (χ2n) is 5.50. The maximum absolute atomic E-state index is 13.0. The number of carbonyl (C=O) groups is 2. The van der Waals surface area contributed by atoms with Gasteiger partial charge in [0.2, 0.25) is 0 Å². The lowest BCUT2D eigenvalue weighted by atomic mass is 9.87. The Morgan fingerprint density at radius 3 is 2.38 bits per heavy atom. The Balaban J connectivity index is 0.000000307. The van der Waals surface area contributed by atoms with Crippen LogP contribution in [0.3, 0.4) is 0 Å². The third-order valence-corrected chi connectivity index (χ3v) is 3.57. The lowest BCUT2D eigenvalue weighted by molar-refractivity contribution is -0.134. The van der Waals surface area contributed by atoms with Crippen LogP contribution in [0.4, 0.5) is 4.39 Å². The van der Waals surface area contributed by atoms with E-state index in [9.17, 15) is 19.1 Å². The molecule has 1 saturated heterocycles. The fourth-order valence-electron chi connectivity index (χ4n) is 2.42. The van der Waals surface area contributed by atoms with Crippen molar-refractivity contribution in [3.8, 4) is 0 Å². The Bertz CT molecular complexity index is 568. The van der Waals surface area contributed by atoms with E-state index in [0.29, 0.717) is 23.8 Å². The maximum Gasteiger partial charge on any atom is 0.328 e. The summed E-state index contributed by atoms with van der Waals surface area (Å²) >= 11 is 0. The molecule has 2 rings (SSSR count). The predicted octanol–water partition coefficient (Wildman–Crippen LogP) is 2.10. The van der Waals surface area contributed by atoms with Gasteiger partial charge in [0.15, 0.2) is 0 Å². The molecule has 7 heteroatoms. The SMILES string of the molecule is CCC[C@@H]1C[C@@H]([C@H](O)c2cccc(F)c2)N1.O=C(O)/C=C\C(=O)O. The number of nitrogens with one attached hydrogen (secondary N) is 1. The summed E-state index contributed by atoms with van der Waals surface area (Å²) in [6, 6.07) is 6.80. The van der Waals surface area contributed by atoms with Crippen molar-refractivity contribution in [1.82, 2.24) is 5.32 Å². The van der Waals surface area contributed by atoms with Gasteiger partial charge in [0.05, 0.1) is 6.10 Å². The molecule has 0 spiro atoms. The summed E-state index contributed by atoms with van der Waals surface area (Å²) in [6.07, 6.45) is 3.80. The van der Waals surface area contributed by atoms with Crippen LogP contribution < -0.4 is 5.32 Å². The number of aliphatic carboxylic acids is 2. The third kappa shape index (κ3) is 6.89. The molecule has 1 aliphatic rings. The molecule has 0 radical (unpaired) electrons. The number of aliphatic hydroxyl groups is 1. The number of hydrogen-bond acceptors (Lipinski definition) is 4. The van der Waals surface area contributed by atoms with Crippen LogP contribution in [0.1, 0.15) is 37.9 Å². The second-order valence-corrected chi connectivity index (χ2v) is 5.50. The van der Waals surface area contributed by atoms with Gasteiger partial charge in [-0.05, 0) is 30.5 Å². The minimum Gasteiger partial charge on any atom is -0.478 e. The van der Waals surface area contributed by atoms with E-state index in [4.69, 9.17) is 10.2 Å². The molecule has 0 bridgehead atoms. The van der Waals surface area contributed by atoms with Gasteiger partial charge in [0.25, 0.3) is 0 Å². The molecule has 132 valence electrons. The molecule has 1 fully saturated rings. The van der Waals surface area contributed by atoms with Crippen molar-refractivity contribution in [2.45, 2.75) is 44.4 Å². The average molecular weight is 339 g/mol. The van der Waals surface area contributed by atoms with Crippen LogP contribution in [0.25, 0.3) is 0 Å². The Morgan fingerprint density at radius 2 is 1.92 bits per heavy atom. The summed E-state index contributed by atoms with van der Waals surface area (Å²) in [5, 5.41) is 29.0. The highest BCUT2D eigenvalue weighted by atomic mass is 19.1. The molecule has 0 saturated carbocycles. The minimum absolute atomic E-state index is 0.0818. The first-order chi connectivity index (χ1) is 11.3. The van der Waals surface area contributed by atoms with E-state index < -0.39 is 18.0 Å². The van der Waals surface area contributed by atoms with Gasteiger partial charge in [-0.15, -0.1) is 0 Å². The Hall–Kier alpha value is -2.25. The summed E-state index contributed by atoms with van der Waals surface area (Å²) in [5.74, 6) is -2.80. The quantitative estimate of drug-likeness (QED) is 0.591. The zero-order valence-corrected chi connectivity index (χ0v) is 13.4. The average Bonchev–Trinajstić information content (AvgIpc) is 2.48. The molecule has 4 N–H and O–H groups in total. The van der Waals surface area contributed by atoms with Gasteiger partial charge >= 0.3 is 11.9 Å². The van der Waals surface area contributed by atoms with Gasteiger partial charge in [-0.3, -0.25) is 0 Å². The first-order valence-corrected chi connectivity index (χ1v) is 7.67. The number of carboxylic acid groups (broad SMARTS) is 2. The van der Waals surface area contributed by atoms with E-state index in [0.717, 1.165) is 19.3 Å². The molecule has 6 nitrogen and oxygen atoms in total. The van der Waals surface area contributed by atoms with E-state index in [1.807, 2.05) is 0 Å². The second kappa shape index (κ2) is 9.79. The first kappa shape index (κ1) is 19.8. The van der Waals surface area contributed by atoms with Gasteiger partial charge in [0, 0.05) is 24.2 Å². The van der Waals surface area contributed by atoms with Gasteiger partial charge in [-0.25, -0.2) is 14.0 Å². The number of aliphatic hydroxyl groups excluding tert-OH is 1. The topological polar surface area (TPSA) is 107 Å². The predicted molar refractivity (Wildman–Crippen MR) is 86.0 cm³/mol.